The number of nitrogens with zero attached hydrogens (tertiary/aromatic N) is 2. The van der Waals surface area contributed by atoms with E-state index in [1.807, 2.05) is 11.3 Å². The number of aryl methyl sites for hydroxylation is 1. The van der Waals surface area contributed by atoms with Gasteiger partial charge in [0.25, 0.3) is 0 Å². The first-order chi connectivity index (χ1) is 8.81. The molecule has 1 saturated heterocycles. The minimum absolute atomic E-state index is 0. The Labute approximate surface area is 139 Å². The van der Waals surface area contributed by atoms with Crippen molar-refractivity contribution in [2.24, 2.45) is 5.92 Å². The second-order valence-electron chi connectivity index (χ2n) is 5.28. The highest BCUT2D eigenvalue weighted by atomic mass is 35.5. The molecule has 0 aromatic carbocycles. The summed E-state index contributed by atoms with van der Waals surface area (Å²) in [4.78, 5) is 7.29. The van der Waals surface area contributed by atoms with Crippen LogP contribution in [0.15, 0.2) is 5.38 Å². The highest BCUT2D eigenvalue weighted by molar-refractivity contribution is 7.09. The maximum Gasteiger partial charge on any atom is 0.0928 e. The van der Waals surface area contributed by atoms with E-state index in [1.165, 1.54) is 43.1 Å². The third kappa shape index (κ3) is 6.27. The van der Waals surface area contributed by atoms with Crippen LogP contribution in [0.2, 0.25) is 0 Å². The van der Waals surface area contributed by atoms with Gasteiger partial charge in [0.1, 0.15) is 0 Å². The van der Waals surface area contributed by atoms with Gasteiger partial charge in [0.2, 0.25) is 0 Å². The van der Waals surface area contributed by atoms with Crippen molar-refractivity contribution in [3.8, 4) is 0 Å². The molecule has 1 aromatic rings. The number of hydrogen-bond donors (Lipinski definition) is 1. The fourth-order valence-electron chi connectivity index (χ4n) is 2.73. The van der Waals surface area contributed by atoms with Gasteiger partial charge in [0, 0.05) is 18.5 Å². The van der Waals surface area contributed by atoms with Gasteiger partial charge in [-0.15, -0.1) is 36.2 Å². The summed E-state index contributed by atoms with van der Waals surface area (Å²) in [7, 11) is 2.05. The van der Waals surface area contributed by atoms with Crippen LogP contribution in [-0.4, -0.2) is 36.6 Å². The number of rotatable bonds is 6. The lowest BCUT2D eigenvalue weighted by atomic mass is 9.98. The second kappa shape index (κ2) is 10.8. The number of hydrogen-bond acceptors (Lipinski definition) is 4. The second-order valence-corrected chi connectivity index (χ2v) is 6.23. The molecule has 3 nitrogen and oxygen atoms in total. The standard InChI is InChI=1S/C14H25N3S.2ClH/c1-3-5-14-16-13(11-18-14)10-17-7-4-6-12(9-17)8-15-2;;/h11-12,15H,3-10H2,1-2H3;2*1H. The average Bonchev–Trinajstić information content (AvgIpc) is 2.78. The predicted molar refractivity (Wildman–Crippen MR) is 92.5 cm³/mol. The minimum Gasteiger partial charge on any atom is -0.319 e. The van der Waals surface area contributed by atoms with Crippen LogP contribution >= 0.6 is 36.2 Å². The molecule has 1 atom stereocenters. The van der Waals surface area contributed by atoms with Crippen LogP contribution in [0.25, 0.3) is 0 Å². The molecular formula is C14H27Cl2N3S. The Kier molecular flexibility index (Phi) is 10.9. The zero-order chi connectivity index (χ0) is 12.8. The number of nitrogens with one attached hydrogen (secondary N) is 1. The highest BCUT2D eigenvalue weighted by Gasteiger charge is 2.19. The van der Waals surface area contributed by atoms with Crippen LogP contribution in [0.1, 0.15) is 36.9 Å². The van der Waals surface area contributed by atoms with E-state index in [9.17, 15) is 0 Å². The molecule has 1 N–H and O–H groups in total. The fourth-order valence-corrected chi connectivity index (χ4v) is 3.62. The molecule has 1 aromatic heterocycles. The summed E-state index contributed by atoms with van der Waals surface area (Å²) < 4.78 is 0. The lowest BCUT2D eigenvalue weighted by molar-refractivity contribution is 0.165. The predicted octanol–water partition coefficient (Wildman–Crippen LogP) is 3.37. The fraction of sp³-hybridized carbons (Fsp3) is 0.786. The molecule has 2 rings (SSSR count). The zero-order valence-corrected chi connectivity index (χ0v) is 14.9. The molecule has 1 aliphatic heterocycles. The van der Waals surface area contributed by atoms with Gasteiger partial charge in [-0.2, -0.15) is 0 Å². The molecule has 1 aliphatic rings. The van der Waals surface area contributed by atoms with Gasteiger partial charge in [0.05, 0.1) is 10.7 Å². The normalized spacial score (nSPS) is 19.2. The first kappa shape index (κ1) is 20.1. The molecule has 0 bridgehead atoms. The number of thiazole rings is 1. The summed E-state index contributed by atoms with van der Waals surface area (Å²) in [6.45, 7) is 6.87. The summed E-state index contributed by atoms with van der Waals surface area (Å²) in [5.41, 5.74) is 1.27. The Morgan fingerprint density at radius 2 is 2.25 bits per heavy atom. The summed E-state index contributed by atoms with van der Waals surface area (Å²) in [5, 5.41) is 6.85. The van der Waals surface area contributed by atoms with Crippen LogP contribution in [0, 0.1) is 5.92 Å². The van der Waals surface area contributed by atoms with Gasteiger partial charge in [0.15, 0.2) is 0 Å². The van der Waals surface area contributed by atoms with Crippen molar-refractivity contribution in [2.45, 2.75) is 39.2 Å². The van der Waals surface area contributed by atoms with E-state index in [0.29, 0.717) is 0 Å². The Morgan fingerprint density at radius 3 is 2.95 bits per heavy atom. The van der Waals surface area contributed by atoms with Crippen molar-refractivity contribution in [1.82, 2.24) is 15.2 Å². The van der Waals surface area contributed by atoms with Gasteiger partial charge < -0.3 is 5.32 Å². The number of piperidine rings is 1. The highest BCUT2D eigenvalue weighted by Crippen LogP contribution is 2.19. The molecule has 118 valence electrons. The van der Waals surface area contributed by atoms with Crippen molar-refractivity contribution < 1.29 is 0 Å². The van der Waals surface area contributed by atoms with Crippen LogP contribution in [-0.2, 0) is 13.0 Å². The monoisotopic (exact) mass is 339 g/mol. The Bertz CT molecular complexity index is 358. The third-order valence-corrected chi connectivity index (χ3v) is 4.50. The maximum absolute atomic E-state index is 4.73. The SMILES string of the molecule is CCCc1nc(CN2CCCC(CNC)C2)cs1.Cl.Cl. The lowest BCUT2D eigenvalue weighted by Crippen LogP contribution is -2.38. The van der Waals surface area contributed by atoms with E-state index in [1.54, 1.807) is 0 Å². The quantitative estimate of drug-likeness (QED) is 0.861. The van der Waals surface area contributed by atoms with E-state index < -0.39 is 0 Å². The van der Waals surface area contributed by atoms with Crippen molar-refractivity contribution in [3.63, 3.8) is 0 Å². The zero-order valence-electron chi connectivity index (χ0n) is 12.4. The first-order valence-corrected chi connectivity index (χ1v) is 8.00. The van der Waals surface area contributed by atoms with Gasteiger partial charge >= 0.3 is 0 Å². The van der Waals surface area contributed by atoms with Gasteiger partial charge in [-0.3, -0.25) is 4.90 Å². The molecule has 0 amide bonds. The molecule has 0 aliphatic carbocycles. The van der Waals surface area contributed by atoms with Gasteiger partial charge in [-0.25, -0.2) is 4.98 Å². The topological polar surface area (TPSA) is 28.2 Å². The molecule has 0 radical (unpaired) electrons. The molecule has 2 heterocycles. The molecule has 20 heavy (non-hydrogen) atoms. The Morgan fingerprint density at radius 1 is 1.45 bits per heavy atom. The van der Waals surface area contributed by atoms with E-state index in [4.69, 9.17) is 4.98 Å². The minimum atomic E-state index is 0. The summed E-state index contributed by atoms with van der Waals surface area (Å²) in [6, 6.07) is 0. The molecule has 0 spiro atoms. The van der Waals surface area contributed by atoms with Crippen LogP contribution in [0.3, 0.4) is 0 Å². The Hall–Kier alpha value is 0.130. The van der Waals surface area contributed by atoms with Crippen molar-refractivity contribution in [2.75, 3.05) is 26.7 Å². The summed E-state index contributed by atoms with van der Waals surface area (Å²) >= 11 is 1.82. The average molecular weight is 340 g/mol. The van der Waals surface area contributed by atoms with Crippen molar-refractivity contribution in [1.29, 1.82) is 0 Å². The smallest absolute Gasteiger partial charge is 0.0928 e. The number of aromatic nitrogens is 1. The molecular weight excluding hydrogens is 313 g/mol. The Balaban J connectivity index is 0.00000180. The van der Waals surface area contributed by atoms with Crippen molar-refractivity contribution in [3.05, 3.63) is 16.1 Å². The molecule has 1 fully saturated rings. The van der Waals surface area contributed by atoms with E-state index in [-0.39, 0.29) is 24.8 Å². The van der Waals surface area contributed by atoms with Crippen molar-refractivity contribution >= 4 is 36.2 Å². The largest absolute Gasteiger partial charge is 0.319 e. The number of halogens is 2. The van der Waals surface area contributed by atoms with Gasteiger partial charge in [-0.05, 0) is 51.7 Å². The summed E-state index contributed by atoms with van der Waals surface area (Å²) in [6.07, 6.45) is 5.03. The molecule has 1 unspecified atom stereocenters. The number of likely N-dealkylation sites (tertiary alicyclic amines) is 1. The molecule has 0 saturated carbocycles. The lowest BCUT2D eigenvalue weighted by Gasteiger charge is -2.32. The van der Waals surface area contributed by atoms with Crippen LogP contribution in [0.4, 0.5) is 0 Å². The van der Waals surface area contributed by atoms with E-state index in [0.717, 1.165) is 25.4 Å². The van der Waals surface area contributed by atoms with E-state index >= 15 is 0 Å². The van der Waals surface area contributed by atoms with Crippen LogP contribution in [0.5, 0.6) is 0 Å². The molecule has 6 heteroatoms. The maximum atomic E-state index is 4.73. The first-order valence-electron chi connectivity index (χ1n) is 7.12. The van der Waals surface area contributed by atoms with Crippen LogP contribution < -0.4 is 5.32 Å². The van der Waals surface area contributed by atoms with E-state index in [2.05, 4.69) is 29.6 Å². The summed E-state index contributed by atoms with van der Waals surface area (Å²) in [5.74, 6) is 0.817. The third-order valence-electron chi connectivity index (χ3n) is 3.54. The van der Waals surface area contributed by atoms with Gasteiger partial charge in [-0.1, -0.05) is 6.92 Å².